The first kappa shape index (κ1) is 10.9. The van der Waals surface area contributed by atoms with Crippen LogP contribution < -0.4 is 0 Å². The molecule has 1 aliphatic rings. The van der Waals surface area contributed by atoms with E-state index in [1.807, 2.05) is 0 Å². The predicted molar refractivity (Wildman–Crippen MR) is 49.4 cm³/mol. The Balaban J connectivity index is 2.62. The van der Waals surface area contributed by atoms with E-state index in [9.17, 15) is 8.42 Å². The van der Waals surface area contributed by atoms with E-state index in [0.717, 1.165) is 6.42 Å². The van der Waals surface area contributed by atoms with Crippen LogP contribution >= 0.6 is 0 Å². The quantitative estimate of drug-likeness (QED) is 0.664. The van der Waals surface area contributed by atoms with Crippen LogP contribution in [0.4, 0.5) is 0 Å². The van der Waals surface area contributed by atoms with Crippen LogP contribution in [0.3, 0.4) is 0 Å². The Labute approximate surface area is 79.1 Å². The summed E-state index contributed by atoms with van der Waals surface area (Å²) in [7, 11) is -1.64. The van der Waals surface area contributed by atoms with Crippen LogP contribution in [-0.4, -0.2) is 55.4 Å². The molecule has 13 heavy (non-hydrogen) atoms. The summed E-state index contributed by atoms with van der Waals surface area (Å²) in [6.07, 6.45) is 1.37. The summed E-state index contributed by atoms with van der Waals surface area (Å²) in [5.74, 6) is 0. The molecule has 0 spiro atoms. The van der Waals surface area contributed by atoms with Gasteiger partial charge in [0.05, 0.1) is 0 Å². The molecule has 1 aliphatic heterocycles. The van der Waals surface area contributed by atoms with Crippen molar-refractivity contribution in [2.45, 2.75) is 12.8 Å². The lowest BCUT2D eigenvalue weighted by Crippen LogP contribution is -2.48. The van der Waals surface area contributed by atoms with Crippen molar-refractivity contribution >= 4 is 10.2 Å². The van der Waals surface area contributed by atoms with E-state index in [2.05, 4.69) is 0 Å². The molecule has 5 nitrogen and oxygen atoms in total. The first-order chi connectivity index (χ1) is 6.09. The molecule has 0 bridgehead atoms. The molecule has 78 valence electrons. The molecule has 6 heteroatoms. The van der Waals surface area contributed by atoms with Gasteiger partial charge in [0.25, 0.3) is 10.2 Å². The lowest BCUT2D eigenvalue weighted by Gasteiger charge is -2.32. The fraction of sp³-hybridized carbons (Fsp3) is 1.00. The predicted octanol–water partition coefficient (Wildman–Crippen LogP) is -0.749. The zero-order chi connectivity index (χ0) is 9.90. The average molecular weight is 208 g/mol. The fourth-order valence-electron chi connectivity index (χ4n) is 1.37. The van der Waals surface area contributed by atoms with Gasteiger partial charge in [-0.1, -0.05) is 0 Å². The van der Waals surface area contributed by atoms with Gasteiger partial charge in [-0.2, -0.15) is 17.0 Å². The molecule has 1 rings (SSSR count). The van der Waals surface area contributed by atoms with Gasteiger partial charge in [0.2, 0.25) is 0 Å². The summed E-state index contributed by atoms with van der Waals surface area (Å²) < 4.78 is 26.0. The van der Waals surface area contributed by atoms with Crippen molar-refractivity contribution < 1.29 is 13.5 Å². The third-order valence-electron chi connectivity index (χ3n) is 2.17. The summed E-state index contributed by atoms with van der Waals surface area (Å²) in [4.78, 5) is 0. The maximum absolute atomic E-state index is 11.6. The Morgan fingerprint density at radius 3 is 2.69 bits per heavy atom. The minimum Gasteiger partial charge on any atom is -0.396 e. The highest BCUT2D eigenvalue weighted by Crippen LogP contribution is 2.13. The molecule has 0 radical (unpaired) electrons. The van der Waals surface area contributed by atoms with Gasteiger partial charge in [-0.05, 0) is 12.8 Å². The topological polar surface area (TPSA) is 60.9 Å². The number of nitrogens with zero attached hydrogens (tertiary/aromatic N) is 2. The van der Waals surface area contributed by atoms with Crippen molar-refractivity contribution in [2.24, 2.45) is 0 Å². The van der Waals surface area contributed by atoms with E-state index in [0.29, 0.717) is 26.1 Å². The van der Waals surface area contributed by atoms with Gasteiger partial charge in [0.1, 0.15) is 0 Å². The minimum atomic E-state index is -3.22. The molecule has 1 N–H and O–H groups in total. The monoisotopic (exact) mass is 208 g/mol. The first-order valence-corrected chi connectivity index (χ1v) is 5.81. The number of hydrogen-bond acceptors (Lipinski definition) is 3. The van der Waals surface area contributed by atoms with Crippen molar-refractivity contribution in [3.05, 3.63) is 0 Å². The third kappa shape index (κ3) is 2.40. The summed E-state index contributed by atoms with van der Waals surface area (Å²) in [5, 5.41) is 8.60. The van der Waals surface area contributed by atoms with Gasteiger partial charge in [0, 0.05) is 33.3 Å². The molecule has 0 aromatic heterocycles. The second-order valence-corrected chi connectivity index (χ2v) is 5.19. The standard InChI is InChI=1S/C7H16N2O3S/c1-8-4-2-5-9(6-3-7-10)13(8,11)12/h10H,2-7H2,1H3. The molecule has 0 aromatic carbocycles. The van der Waals surface area contributed by atoms with E-state index < -0.39 is 10.2 Å². The summed E-state index contributed by atoms with van der Waals surface area (Å²) in [6, 6.07) is 0. The molecule has 0 unspecified atom stereocenters. The maximum Gasteiger partial charge on any atom is 0.281 e. The lowest BCUT2D eigenvalue weighted by atomic mass is 10.4. The molecule has 1 saturated heterocycles. The Morgan fingerprint density at radius 2 is 2.08 bits per heavy atom. The van der Waals surface area contributed by atoms with E-state index in [1.165, 1.54) is 8.61 Å². The number of aliphatic hydroxyl groups excluding tert-OH is 1. The molecule has 1 fully saturated rings. The molecule has 0 saturated carbocycles. The van der Waals surface area contributed by atoms with Gasteiger partial charge in [-0.15, -0.1) is 0 Å². The molecular formula is C7H16N2O3S. The van der Waals surface area contributed by atoms with E-state index in [-0.39, 0.29) is 6.61 Å². The maximum atomic E-state index is 11.6. The minimum absolute atomic E-state index is 0.0374. The molecule has 0 amide bonds. The fourth-order valence-corrected chi connectivity index (χ4v) is 2.85. The first-order valence-electron chi connectivity index (χ1n) is 4.41. The third-order valence-corrected chi connectivity index (χ3v) is 4.15. The second-order valence-electron chi connectivity index (χ2n) is 3.16. The highest BCUT2D eigenvalue weighted by Gasteiger charge is 2.29. The van der Waals surface area contributed by atoms with Gasteiger partial charge in [0.15, 0.2) is 0 Å². The van der Waals surface area contributed by atoms with Gasteiger partial charge < -0.3 is 5.11 Å². The molecule has 0 aliphatic carbocycles. The largest absolute Gasteiger partial charge is 0.396 e. The van der Waals surface area contributed by atoms with Crippen molar-refractivity contribution in [1.29, 1.82) is 0 Å². The summed E-state index contributed by atoms with van der Waals surface area (Å²) in [5.41, 5.74) is 0. The molecular weight excluding hydrogens is 192 g/mol. The summed E-state index contributed by atoms with van der Waals surface area (Å²) in [6.45, 7) is 1.63. The molecule has 0 atom stereocenters. The van der Waals surface area contributed by atoms with Crippen LogP contribution in [-0.2, 0) is 10.2 Å². The van der Waals surface area contributed by atoms with Crippen molar-refractivity contribution in [2.75, 3.05) is 33.3 Å². The zero-order valence-electron chi connectivity index (χ0n) is 7.81. The Morgan fingerprint density at radius 1 is 1.38 bits per heavy atom. The summed E-state index contributed by atoms with van der Waals surface area (Å²) >= 11 is 0. The number of hydrogen-bond donors (Lipinski definition) is 1. The zero-order valence-corrected chi connectivity index (χ0v) is 8.63. The van der Waals surface area contributed by atoms with Crippen LogP contribution in [0.25, 0.3) is 0 Å². The Kier molecular flexibility index (Phi) is 3.66. The van der Waals surface area contributed by atoms with Crippen molar-refractivity contribution in [3.63, 3.8) is 0 Å². The van der Waals surface area contributed by atoms with Crippen LogP contribution in [0.2, 0.25) is 0 Å². The average Bonchev–Trinajstić information content (AvgIpc) is 2.08. The van der Waals surface area contributed by atoms with E-state index in [1.54, 1.807) is 7.05 Å². The highest BCUT2D eigenvalue weighted by atomic mass is 32.2. The Hall–Kier alpha value is -0.170. The van der Waals surface area contributed by atoms with Gasteiger partial charge >= 0.3 is 0 Å². The number of rotatable bonds is 3. The van der Waals surface area contributed by atoms with Crippen LogP contribution in [0.15, 0.2) is 0 Å². The molecule has 1 heterocycles. The Bertz CT molecular complexity index is 252. The highest BCUT2D eigenvalue weighted by molar-refractivity contribution is 7.86. The van der Waals surface area contributed by atoms with Crippen LogP contribution in [0.5, 0.6) is 0 Å². The smallest absolute Gasteiger partial charge is 0.281 e. The van der Waals surface area contributed by atoms with Gasteiger partial charge in [-0.3, -0.25) is 0 Å². The normalized spacial score (nSPS) is 24.8. The van der Waals surface area contributed by atoms with E-state index in [4.69, 9.17) is 5.11 Å². The lowest BCUT2D eigenvalue weighted by molar-refractivity contribution is 0.252. The van der Waals surface area contributed by atoms with Gasteiger partial charge in [-0.25, -0.2) is 0 Å². The SMILES string of the molecule is CN1CCCN(CCCO)S1(=O)=O. The van der Waals surface area contributed by atoms with Crippen LogP contribution in [0.1, 0.15) is 12.8 Å². The second kappa shape index (κ2) is 4.36. The van der Waals surface area contributed by atoms with Crippen molar-refractivity contribution in [3.8, 4) is 0 Å². The number of aliphatic hydroxyl groups is 1. The van der Waals surface area contributed by atoms with Crippen molar-refractivity contribution in [1.82, 2.24) is 8.61 Å². The van der Waals surface area contributed by atoms with E-state index >= 15 is 0 Å². The molecule has 0 aromatic rings. The van der Waals surface area contributed by atoms with Crippen LogP contribution in [0, 0.1) is 0 Å².